The molecule has 3 heteroatoms. The van der Waals surface area contributed by atoms with Crippen molar-refractivity contribution >= 4 is 36.5 Å². The van der Waals surface area contributed by atoms with Crippen LogP contribution in [0.5, 0.6) is 0 Å². The average Bonchev–Trinajstić information content (AvgIpc) is 3.39. The second kappa shape index (κ2) is 12.9. The van der Waals surface area contributed by atoms with E-state index in [-0.39, 0.29) is 51.0 Å². The van der Waals surface area contributed by atoms with Gasteiger partial charge in [-0.05, 0) is 87.9 Å². The largest absolute Gasteiger partial charge is 0.147 e. The van der Waals surface area contributed by atoms with Crippen LogP contribution in [0.2, 0.25) is 0 Å². The van der Waals surface area contributed by atoms with Gasteiger partial charge in [0.15, 0.2) is 0 Å². The van der Waals surface area contributed by atoms with E-state index in [1.807, 2.05) is 0 Å². The molecule has 0 spiro atoms. The van der Waals surface area contributed by atoms with E-state index in [0.717, 1.165) is 19.3 Å². The third-order valence-electron chi connectivity index (χ3n) is 6.61. The van der Waals surface area contributed by atoms with Crippen molar-refractivity contribution in [2.24, 2.45) is 0 Å². The predicted octanol–water partition coefficient (Wildman–Crippen LogP) is 9.07. The first-order chi connectivity index (χ1) is 14.8. The Morgan fingerprint density at radius 1 is 0.788 bits per heavy atom. The number of fused-ring (bicyclic) bond motifs is 4. The minimum atomic E-state index is 0. The zero-order chi connectivity index (χ0) is 20.3. The molecule has 0 heterocycles. The Balaban J connectivity index is 0.00000128. The van der Waals surface area contributed by atoms with Gasteiger partial charge in [0.05, 0.1) is 0 Å². The van der Waals surface area contributed by atoms with Gasteiger partial charge in [-0.3, -0.25) is 0 Å². The maximum absolute atomic E-state index is 2.48. The average molecular weight is 555 g/mol. The molecule has 2 aliphatic carbocycles. The number of hydrogen-bond acceptors (Lipinski definition) is 0. The van der Waals surface area contributed by atoms with Gasteiger partial charge in [0, 0.05) is 26.2 Å². The molecule has 0 saturated heterocycles. The third-order valence-corrected chi connectivity index (χ3v) is 6.61. The molecule has 0 amide bonds. The van der Waals surface area contributed by atoms with Gasteiger partial charge in [-0.15, -0.1) is 24.8 Å². The van der Waals surface area contributed by atoms with E-state index >= 15 is 0 Å². The van der Waals surface area contributed by atoms with E-state index < -0.39 is 0 Å². The first-order valence-electron chi connectivity index (χ1n) is 11.5. The van der Waals surface area contributed by atoms with Gasteiger partial charge in [-0.25, -0.2) is 0 Å². The summed E-state index contributed by atoms with van der Waals surface area (Å²) in [5.74, 6) is 0. The smallest absolute Gasteiger partial charge is 0 e. The van der Waals surface area contributed by atoms with Gasteiger partial charge in [0.2, 0.25) is 0 Å². The van der Waals surface area contributed by atoms with Crippen molar-refractivity contribution in [2.45, 2.75) is 51.9 Å². The quantitative estimate of drug-likeness (QED) is 0.200. The van der Waals surface area contributed by atoms with Crippen LogP contribution in [0, 0.1) is 0 Å². The number of allylic oxidation sites excluding steroid dienone is 2. The van der Waals surface area contributed by atoms with Gasteiger partial charge in [0.25, 0.3) is 0 Å². The minimum Gasteiger partial charge on any atom is -0.147 e. The van der Waals surface area contributed by atoms with Crippen LogP contribution in [0.4, 0.5) is 0 Å². The van der Waals surface area contributed by atoms with Gasteiger partial charge < -0.3 is 0 Å². The Morgan fingerprint density at radius 3 is 2.33 bits per heavy atom. The molecule has 0 radical (unpaired) electrons. The third kappa shape index (κ3) is 6.00. The van der Waals surface area contributed by atoms with Gasteiger partial charge in [-0.1, -0.05) is 92.9 Å². The molecule has 0 aliphatic heterocycles. The number of rotatable bonds is 7. The maximum Gasteiger partial charge on any atom is 0 e. The zero-order valence-corrected chi connectivity index (χ0v) is 23.4. The zero-order valence-electron chi connectivity index (χ0n) is 19.3. The van der Waals surface area contributed by atoms with Gasteiger partial charge in [-0.2, -0.15) is 0 Å². The fourth-order valence-corrected chi connectivity index (χ4v) is 4.93. The minimum absolute atomic E-state index is 0. The van der Waals surface area contributed by atoms with Crippen molar-refractivity contribution in [2.75, 3.05) is 0 Å². The summed E-state index contributed by atoms with van der Waals surface area (Å²) < 4.78 is 0. The summed E-state index contributed by atoms with van der Waals surface area (Å²) in [6, 6.07) is 23.0. The van der Waals surface area contributed by atoms with Gasteiger partial charge >= 0.3 is 0 Å². The monoisotopic (exact) mass is 552 g/mol. The van der Waals surface area contributed by atoms with Crippen LogP contribution in [0.1, 0.15) is 72.4 Å². The molecular weight excluding hydrogens is 522 g/mol. The number of unbranched alkanes of at least 4 members (excludes halogenated alkanes) is 4. The Morgan fingerprint density at radius 2 is 1.52 bits per heavy atom. The first kappa shape index (κ1) is 27.8. The molecule has 0 N–H and O–H groups in total. The van der Waals surface area contributed by atoms with Crippen LogP contribution in [0.15, 0.2) is 72.8 Å². The summed E-state index contributed by atoms with van der Waals surface area (Å²) in [7, 11) is 0. The Hall–Kier alpha value is -1.40. The summed E-state index contributed by atoms with van der Waals surface area (Å²) in [5, 5.41) is 0. The van der Waals surface area contributed by atoms with E-state index in [9.17, 15) is 0 Å². The molecule has 0 aromatic heterocycles. The molecule has 3 aromatic rings. The maximum atomic E-state index is 2.48. The van der Waals surface area contributed by atoms with Crippen molar-refractivity contribution in [3.05, 3.63) is 106 Å². The van der Waals surface area contributed by atoms with Crippen molar-refractivity contribution in [1.29, 1.82) is 0 Å². The van der Waals surface area contributed by atoms with E-state index in [0.29, 0.717) is 0 Å². The molecular formula is C30H32Cl2Zr. The van der Waals surface area contributed by atoms with Gasteiger partial charge in [0.1, 0.15) is 0 Å². The summed E-state index contributed by atoms with van der Waals surface area (Å²) in [5.41, 5.74) is 12.7. The molecule has 170 valence electrons. The Kier molecular flexibility index (Phi) is 10.9. The molecule has 0 atom stereocenters. The normalized spacial score (nSPS) is 12.7. The molecule has 0 unspecified atom stereocenters. The van der Waals surface area contributed by atoms with Crippen LogP contribution in [0.25, 0.3) is 22.8 Å². The number of hydrogen-bond donors (Lipinski definition) is 0. The van der Waals surface area contributed by atoms with Crippen molar-refractivity contribution in [3.63, 3.8) is 0 Å². The van der Waals surface area contributed by atoms with E-state index in [4.69, 9.17) is 0 Å². The van der Waals surface area contributed by atoms with Crippen LogP contribution in [0.3, 0.4) is 0 Å². The second-order valence-electron chi connectivity index (χ2n) is 8.69. The summed E-state index contributed by atoms with van der Waals surface area (Å²) in [4.78, 5) is 0. The van der Waals surface area contributed by atoms with Crippen molar-refractivity contribution in [1.82, 2.24) is 0 Å². The molecule has 0 nitrogen and oxygen atoms in total. The SMILES string of the molecule is CCCCCC/C=C(/c1ccc2c(c1)C=CC2)c1ccc2c(c1)-c1ccccc1C2.Cl.Cl.[Zr]. The molecule has 0 bridgehead atoms. The van der Waals surface area contributed by atoms with Crippen molar-refractivity contribution in [3.8, 4) is 11.1 Å². The van der Waals surface area contributed by atoms with E-state index in [2.05, 4.69) is 85.8 Å². The molecule has 3 aromatic carbocycles. The van der Waals surface area contributed by atoms with E-state index in [1.165, 1.54) is 75.8 Å². The molecule has 0 saturated carbocycles. The van der Waals surface area contributed by atoms with Crippen LogP contribution >= 0.6 is 24.8 Å². The fourth-order valence-electron chi connectivity index (χ4n) is 4.93. The first-order valence-corrected chi connectivity index (χ1v) is 11.5. The standard InChI is InChI=1S/C30H30.2ClH.Zr/c1-2-3-4-5-6-13-28(25-16-15-22-11-9-12-23(22)19-25)27-18-17-26-20-24-10-7-8-14-29(24)30(26)21-27;;;/h7-10,12-19,21H,2-6,11,20H2,1H3;2*1H;/b28-13-;;;. The molecule has 33 heavy (non-hydrogen) atoms. The predicted molar refractivity (Wildman–Crippen MR) is 144 cm³/mol. The molecule has 5 rings (SSSR count). The molecule has 0 fully saturated rings. The Labute approximate surface area is 230 Å². The van der Waals surface area contributed by atoms with E-state index in [1.54, 1.807) is 0 Å². The van der Waals surface area contributed by atoms with Crippen molar-refractivity contribution < 1.29 is 26.2 Å². The summed E-state index contributed by atoms with van der Waals surface area (Å²) >= 11 is 0. The van der Waals surface area contributed by atoms with Crippen LogP contribution < -0.4 is 0 Å². The summed E-state index contributed by atoms with van der Waals surface area (Å²) in [6.45, 7) is 2.28. The topological polar surface area (TPSA) is 0 Å². The Bertz CT molecular complexity index is 1140. The number of benzene rings is 3. The van der Waals surface area contributed by atoms with Crippen LogP contribution in [-0.2, 0) is 39.0 Å². The van der Waals surface area contributed by atoms with Crippen LogP contribution in [-0.4, -0.2) is 0 Å². The summed E-state index contributed by atoms with van der Waals surface area (Å²) in [6.07, 6.45) is 15.5. The second-order valence-corrected chi connectivity index (χ2v) is 8.69. The molecule has 2 aliphatic rings. The number of halogens is 2. The fraction of sp³-hybridized carbons (Fsp3) is 0.267.